The van der Waals surface area contributed by atoms with Gasteiger partial charge in [0.2, 0.25) is 0 Å². The number of carbonyl (C=O) groups excluding carboxylic acids is 1. The van der Waals surface area contributed by atoms with E-state index in [1.54, 1.807) is 7.11 Å². The van der Waals surface area contributed by atoms with Gasteiger partial charge in [-0.05, 0) is 60.6 Å². The fraction of sp³-hybridized carbons (Fsp3) is 0.438. The third-order valence-electron chi connectivity index (χ3n) is 5.14. The second kappa shape index (κ2) is 3.41. The molecule has 1 spiro atoms. The molecule has 98 valence electrons. The maximum absolute atomic E-state index is 12.1. The van der Waals surface area contributed by atoms with Crippen LogP contribution in [-0.4, -0.2) is 12.9 Å². The van der Waals surface area contributed by atoms with Crippen LogP contribution in [0.5, 0.6) is 5.75 Å². The van der Waals surface area contributed by atoms with Crippen LogP contribution < -0.4 is 10.5 Å². The maximum Gasteiger partial charge on any atom is 0.159 e. The molecule has 2 N–H and O–H groups in total. The first-order valence-corrected chi connectivity index (χ1v) is 6.86. The van der Waals surface area contributed by atoms with Gasteiger partial charge in [-0.25, -0.2) is 0 Å². The second-order valence-electron chi connectivity index (χ2n) is 6.11. The average Bonchev–Trinajstić information content (AvgIpc) is 2.90. The molecule has 3 heteroatoms. The van der Waals surface area contributed by atoms with Crippen LogP contribution in [0, 0.1) is 11.3 Å². The Morgan fingerprint density at radius 3 is 3.05 bits per heavy atom. The Morgan fingerprint density at radius 1 is 1.42 bits per heavy atom. The number of nitrogens with two attached hydrogens (primary N) is 1. The first-order chi connectivity index (χ1) is 9.13. The van der Waals surface area contributed by atoms with E-state index in [-0.39, 0.29) is 11.3 Å². The molecule has 1 saturated carbocycles. The predicted molar refractivity (Wildman–Crippen MR) is 73.9 cm³/mol. The molecule has 1 fully saturated rings. The van der Waals surface area contributed by atoms with E-state index >= 15 is 0 Å². The van der Waals surface area contributed by atoms with Gasteiger partial charge in [0.05, 0.1) is 12.8 Å². The normalized spacial score (nSPS) is 30.9. The van der Waals surface area contributed by atoms with Gasteiger partial charge in [-0.15, -0.1) is 0 Å². The zero-order chi connectivity index (χ0) is 13.2. The molecule has 0 amide bonds. The number of nitrogen functional groups attached to an aromatic ring is 1. The number of rotatable bonds is 1. The van der Waals surface area contributed by atoms with Gasteiger partial charge in [0.1, 0.15) is 5.75 Å². The first kappa shape index (κ1) is 11.1. The van der Waals surface area contributed by atoms with Crippen LogP contribution in [0.3, 0.4) is 0 Å². The van der Waals surface area contributed by atoms with Crippen molar-refractivity contribution in [2.75, 3.05) is 12.8 Å². The molecule has 2 unspecified atom stereocenters. The van der Waals surface area contributed by atoms with E-state index in [1.165, 1.54) is 16.7 Å². The quantitative estimate of drug-likeness (QED) is 0.785. The summed E-state index contributed by atoms with van der Waals surface area (Å²) in [5.74, 6) is 1.32. The molecule has 0 saturated heterocycles. The zero-order valence-corrected chi connectivity index (χ0v) is 11.0. The molecule has 3 nitrogen and oxygen atoms in total. The minimum Gasteiger partial charge on any atom is -0.495 e. The third kappa shape index (κ3) is 1.30. The van der Waals surface area contributed by atoms with Crippen molar-refractivity contribution in [1.82, 2.24) is 0 Å². The first-order valence-electron chi connectivity index (χ1n) is 6.86. The van der Waals surface area contributed by atoms with Crippen molar-refractivity contribution >= 4 is 17.0 Å². The molecule has 0 radical (unpaired) electrons. The van der Waals surface area contributed by atoms with Crippen molar-refractivity contribution in [1.29, 1.82) is 0 Å². The Balaban J connectivity index is 1.92. The van der Waals surface area contributed by atoms with Crippen LogP contribution in [-0.2, 0) is 11.2 Å². The molecule has 0 aromatic heterocycles. The van der Waals surface area contributed by atoms with Gasteiger partial charge in [0.25, 0.3) is 0 Å². The van der Waals surface area contributed by atoms with E-state index in [0.717, 1.165) is 31.4 Å². The Labute approximate surface area is 112 Å². The molecule has 1 aromatic carbocycles. The minimum absolute atomic E-state index is 0.208. The largest absolute Gasteiger partial charge is 0.495 e. The topological polar surface area (TPSA) is 52.3 Å². The van der Waals surface area contributed by atoms with Crippen LogP contribution in [0.2, 0.25) is 0 Å². The fourth-order valence-electron chi connectivity index (χ4n) is 4.22. The molecular formula is C16H17NO2. The number of ether oxygens (including phenoxy) is 1. The summed E-state index contributed by atoms with van der Waals surface area (Å²) in [5.41, 5.74) is 10.6. The van der Waals surface area contributed by atoms with Gasteiger partial charge in [-0.2, -0.15) is 0 Å². The van der Waals surface area contributed by atoms with Crippen molar-refractivity contribution in [3.63, 3.8) is 0 Å². The number of fused-ring (bicyclic) bond motifs is 3. The Morgan fingerprint density at radius 2 is 2.26 bits per heavy atom. The lowest BCUT2D eigenvalue weighted by Crippen LogP contribution is -2.23. The maximum atomic E-state index is 12.1. The van der Waals surface area contributed by atoms with E-state index in [0.29, 0.717) is 11.5 Å². The number of anilines is 1. The van der Waals surface area contributed by atoms with E-state index in [1.807, 2.05) is 12.1 Å². The van der Waals surface area contributed by atoms with E-state index < -0.39 is 0 Å². The summed E-state index contributed by atoms with van der Waals surface area (Å²) in [6.07, 6.45) is 6.12. The average molecular weight is 255 g/mol. The lowest BCUT2D eigenvalue weighted by molar-refractivity contribution is -0.118. The number of methoxy groups -OCH3 is 1. The lowest BCUT2D eigenvalue weighted by Gasteiger charge is -2.28. The van der Waals surface area contributed by atoms with Crippen LogP contribution in [0.25, 0.3) is 5.57 Å². The van der Waals surface area contributed by atoms with Crippen LogP contribution in [0.1, 0.15) is 30.4 Å². The lowest BCUT2D eigenvalue weighted by atomic mass is 9.74. The molecule has 3 aliphatic carbocycles. The van der Waals surface area contributed by atoms with Gasteiger partial charge >= 0.3 is 0 Å². The van der Waals surface area contributed by atoms with E-state index in [2.05, 4.69) is 6.07 Å². The number of carbonyl (C=O) groups is 1. The predicted octanol–water partition coefficient (Wildman–Crippen LogP) is 2.59. The van der Waals surface area contributed by atoms with Gasteiger partial charge in [0.15, 0.2) is 5.78 Å². The highest BCUT2D eigenvalue weighted by Crippen LogP contribution is 2.60. The van der Waals surface area contributed by atoms with Gasteiger partial charge in [-0.1, -0.05) is 0 Å². The van der Waals surface area contributed by atoms with Crippen LogP contribution >= 0.6 is 0 Å². The molecular weight excluding hydrogens is 238 g/mol. The Kier molecular flexibility index (Phi) is 1.99. The third-order valence-corrected chi connectivity index (χ3v) is 5.14. The summed E-state index contributed by atoms with van der Waals surface area (Å²) in [5, 5.41) is 0. The highest BCUT2D eigenvalue weighted by Gasteiger charge is 2.51. The number of hydrogen-bond acceptors (Lipinski definition) is 3. The highest BCUT2D eigenvalue weighted by molar-refractivity contribution is 6.03. The summed E-state index contributed by atoms with van der Waals surface area (Å²) >= 11 is 0. The molecule has 2 bridgehead atoms. The smallest absolute Gasteiger partial charge is 0.159 e. The van der Waals surface area contributed by atoms with E-state index in [4.69, 9.17) is 10.5 Å². The molecule has 1 aromatic rings. The SMILES string of the molecule is COc1cc2c(cc1N)C1=CC(=O)C3CCC1(C2)C3. The van der Waals surface area contributed by atoms with Crippen LogP contribution in [0.4, 0.5) is 5.69 Å². The summed E-state index contributed by atoms with van der Waals surface area (Å²) in [6.45, 7) is 0. The molecule has 3 aliphatic rings. The number of benzene rings is 1. The molecule has 4 rings (SSSR count). The summed E-state index contributed by atoms with van der Waals surface area (Å²) in [4.78, 5) is 12.1. The second-order valence-corrected chi connectivity index (χ2v) is 6.11. The monoisotopic (exact) mass is 255 g/mol. The number of hydrogen-bond donors (Lipinski definition) is 1. The molecule has 0 heterocycles. The van der Waals surface area contributed by atoms with Crippen molar-refractivity contribution < 1.29 is 9.53 Å². The highest BCUT2D eigenvalue weighted by atomic mass is 16.5. The molecule has 0 aliphatic heterocycles. The molecule has 19 heavy (non-hydrogen) atoms. The summed E-state index contributed by atoms with van der Waals surface area (Å²) < 4.78 is 5.31. The minimum atomic E-state index is 0.208. The molecule has 2 atom stereocenters. The number of ketones is 1. The van der Waals surface area contributed by atoms with Gasteiger partial charge < -0.3 is 10.5 Å². The zero-order valence-electron chi connectivity index (χ0n) is 11.0. The Hall–Kier alpha value is -1.77. The number of allylic oxidation sites excluding steroid dienone is 2. The van der Waals surface area contributed by atoms with Crippen molar-refractivity contribution in [2.45, 2.75) is 25.7 Å². The van der Waals surface area contributed by atoms with Crippen LogP contribution in [0.15, 0.2) is 18.2 Å². The van der Waals surface area contributed by atoms with E-state index in [9.17, 15) is 4.79 Å². The van der Waals surface area contributed by atoms with Crippen molar-refractivity contribution in [3.8, 4) is 5.75 Å². The van der Waals surface area contributed by atoms with Crippen molar-refractivity contribution in [3.05, 3.63) is 29.3 Å². The standard InChI is InChI=1S/C16H17NO2/c1-19-15-4-10-8-16-3-2-9(7-16)14(18)6-12(16)11(10)5-13(15)17/h4-6,9H,2-3,7-8,17H2,1H3. The summed E-state index contributed by atoms with van der Waals surface area (Å²) in [6, 6.07) is 4.04. The Bertz CT molecular complexity index is 632. The van der Waals surface area contributed by atoms with Crippen molar-refractivity contribution in [2.24, 2.45) is 11.3 Å². The van der Waals surface area contributed by atoms with Gasteiger partial charge in [0, 0.05) is 11.3 Å². The summed E-state index contributed by atoms with van der Waals surface area (Å²) in [7, 11) is 1.65. The fourth-order valence-corrected chi connectivity index (χ4v) is 4.22. The van der Waals surface area contributed by atoms with Gasteiger partial charge in [-0.3, -0.25) is 4.79 Å².